The third-order valence-corrected chi connectivity index (χ3v) is 4.01. The Balaban J connectivity index is 1.93. The van der Waals surface area contributed by atoms with E-state index in [0.29, 0.717) is 5.76 Å². The number of nitrogens with zero attached hydrogens (tertiary/aromatic N) is 2. The maximum atomic E-state index is 12.6. The van der Waals surface area contributed by atoms with Gasteiger partial charge in [0.25, 0.3) is 5.91 Å². The summed E-state index contributed by atoms with van der Waals surface area (Å²) in [7, 11) is 0. The molecule has 0 saturated heterocycles. The van der Waals surface area contributed by atoms with Gasteiger partial charge in [-0.2, -0.15) is 0 Å². The van der Waals surface area contributed by atoms with E-state index in [1.807, 2.05) is 18.2 Å². The van der Waals surface area contributed by atoms with E-state index in [1.165, 1.54) is 29.6 Å². The standard InChI is InChI=1S/C17H13ClN2O5/c18-13-8-12(9-14(16(13)21)20(23)24)17(22)19-6-7-25-15(10-19)11-4-2-1-3-5-11/h1-2,4,6-10,21H,3,5H2. The quantitative estimate of drug-likeness (QED) is 0.649. The fraction of sp³-hybridized carbons (Fsp3) is 0.118. The molecule has 1 N–H and O–H groups in total. The van der Waals surface area contributed by atoms with Gasteiger partial charge in [0.05, 0.1) is 16.1 Å². The molecule has 0 atom stereocenters. The summed E-state index contributed by atoms with van der Waals surface area (Å²) in [5, 5.41) is 20.4. The molecule has 1 amide bonds. The molecular weight excluding hydrogens is 348 g/mol. The zero-order valence-electron chi connectivity index (χ0n) is 12.9. The number of carbonyl (C=O) groups is 1. The maximum absolute atomic E-state index is 12.6. The number of nitro groups is 1. The molecule has 0 aromatic heterocycles. The van der Waals surface area contributed by atoms with Crippen molar-refractivity contribution in [1.82, 2.24) is 4.90 Å². The van der Waals surface area contributed by atoms with Crippen molar-refractivity contribution in [2.24, 2.45) is 0 Å². The number of rotatable bonds is 3. The van der Waals surface area contributed by atoms with Crippen LogP contribution in [-0.2, 0) is 4.74 Å². The van der Waals surface area contributed by atoms with Gasteiger partial charge in [-0.05, 0) is 24.5 Å². The molecule has 1 aliphatic carbocycles. The van der Waals surface area contributed by atoms with Crippen molar-refractivity contribution < 1.29 is 19.6 Å². The van der Waals surface area contributed by atoms with E-state index < -0.39 is 22.3 Å². The summed E-state index contributed by atoms with van der Waals surface area (Å²) in [5.41, 5.74) is 0.297. The topological polar surface area (TPSA) is 92.9 Å². The van der Waals surface area contributed by atoms with Gasteiger partial charge in [-0.1, -0.05) is 29.8 Å². The molecule has 0 saturated carbocycles. The van der Waals surface area contributed by atoms with E-state index in [0.717, 1.165) is 24.5 Å². The number of ether oxygens (including phenoxy) is 1. The Morgan fingerprint density at radius 2 is 2.20 bits per heavy atom. The van der Waals surface area contributed by atoms with Crippen molar-refractivity contribution in [2.75, 3.05) is 0 Å². The number of hydrogen-bond acceptors (Lipinski definition) is 5. The van der Waals surface area contributed by atoms with E-state index in [9.17, 15) is 20.0 Å². The van der Waals surface area contributed by atoms with Crippen molar-refractivity contribution in [3.63, 3.8) is 0 Å². The predicted octanol–water partition coefficient (Wildman–Crippen LogP) is 4.02. The third kappa shape index (κ3) is 3.41. The van der Waals surface area contributed by atoms with Crippen LogP contribution in [-0.4, -0.2) is 20.8 Å². The summed E-state index contributed by atoms with van der Waals surface area (Å²) in [4.78, 5) is 24.1. The fourth-order valence-corrected chi connectivity index (χ4v) is 2.67. The van der Waals surface area contributed by atoms with Crippen molar-refractivity contribution >= 4 is 23.2 Å². The number of phenolic OH excluding ortho intramolecular Hbond substituents is 1. The average molecular weight is 361 g/mol. The lowest BCUT2D eigenvalue weighted by Gasteiger charge is -2.22. The number of allylic oxidation sites excluding steroid dienone is 4. The smallest absolute Gasteiger partial charge is 0.313 e. The van der Waals surface area contributed by atoms with Crippen molar-refractivity contribution in [3.8, 4) is 5.75 Å². The largest absolute Gasteiger partial charge is 0.501 e. The molecular formula is C17H13ClN2O5. The molecule has 0 bridgehead atoms. The van der Waals surface area contributed by atoms with Gasteiger partial charge >= 0.3 is 5.69 Å². The van der Waals surface area contributed by atoms with Gasteiger partial charge in [-0.25, -0.2) is 0 Å². The Hall–Kier alpha value is -3.06. The van der Waals surface area contributed by atoms with Gasteiger partial charge in [-0.15, -0.1) is 0 Å². The van der Waals surface area contributed by atoms with Crippen LogP contribution in [0, 0.1) is 10.1 Å². The average Bonchev–Trinajstić information content (AvgIpc) is 2.64. The number of phenols is 1. The van der Waals surface area contributed by atoms with Gasteiger partial charge < -0.3 is 9.84 Å². The number of nitro benzene ring substituents is 1. The summed E-state index contributed by atoms with van der Waals surface area (Å²) in [6, 6.07) is 2.18. The first-order valence-electron chi connectivity index (χ1n) is 7.38. The fourth-order valence-electron chi connectivity index (χ4n) is 2.46. The minimum absolute atomic E-state index is 0.0193. The monoisotopic (exact) mass is 360 g/mol. The Morgan fingerprint density at radius 3 is 2.88 bits per heavy atom. The number of halogens is 1. The number of benzene rings is 1. The van der Waals surface area contributed by atoms with Gasteiger partial charge in [0, 0.05) is 17.8 Å². The highest BCUT2D eigenvalue weighted by Gasteiger charge is 2.24. The van der Waals surface area contributed by atoms with E-state index in [-0.39, 0.29) is 10.6 Å². The summed E-state index contributed by atoms with van der Waals surface area (Å²) in [6.45, 7) is 0. The van der Waals surface area contributed by atoms with E-state index in [4.69, 9.17) is 16.3 Å². The van der Waals surface area contributed by atoms with Crippen LogP contribution in [0.5, 0.6) is 5.75 Å². The second-order valence-corrected chi connectivity index (χ2v) is 5.76. The second kappa shape index (κ2) is 6.82. The Morgan fingerprint density at radius 1 is 1.40 bits per heavy atom. The van der Waals surface area contributed by atoms with Crippen LogP contribution in [0.4, 0.5) is 5.69 Å². The molecule has 0 unspecified atom stereocenters. The van der Waals surface area contributed by atoms with Gasteiger partial charge in [0.15, 0.2) is 0 Å². The lowest BCUT2D eigenvalue weighted by atomic mass is 10.0. The molecule has 8 heteroatoms. The summed E-state index contributed by atoms with van der Waals surface area (Å²) in [6.07, 6.45) is 11.8. The van der Waals surface area contributed by atoms with Crippen LogP contribution in [0.2, 0.25) is 5.02 Å². The van der Waals surface area contributed by atoms with Gasteiger partial charge in [0.2, 0.25) is 5.75 Å². The van der Waals surface area contributed by atoms with Gasteiger partial charge in [-0.3, -0.25) is 19.8 Å². The van der Waals surface area contributed by atoms with Crippen molar-refractivity contribution in [1.29, 1.82) is 0 Å². The Labute approximate surface area is 147 Å². The summed E-state index contributed by atoms with van der Waals surface area (Å²) in [5.74, 6) is -0.676. The number of aromatic hydroxyl groups is 1. The first kappa shape index (κ1) is 16.8. The highest BCUT2D eigenvalue weighted by Crippen LogP contribution is 2.35. The van der Waals surface area contributed by atoms with E-state index in [1.54, 1.807) is 0 Å². The lowest BCUT2D eigenvalue weighted by Crippen LogP contribution is -2.23. The molecule has 128 valence electrons. The molecule has 0 fully saturated rings. The van der Waals surface area contributed by atoms with E-state index in [2.05, 4.69) is 0 Å². The molecule has 25 heavy (non-hydrogen) atoms. The Bertz CT molecular complexity index is 870. The lowest BCUT2D eigenvalue weighted by molar-refractivity contribution is -0.385. The summed E-state index contributed by atoms with van der Waals surface area (Å²) >= 11 is 5.80. The van der Waals surface area contributed by atoms with Crippen LogP contribution in [0.15, 0.2) is 60.4 Å². The highest BCUT2D eigenvalue weighted by molar-refractivity contribution is 6.32. The highest BCUT2D eigenvalue weighted by atomic mass is 35.5. The first-order valence-corrected chi connectivity index (χ1v) is 7.76. The van der Waals surface area contributed by atoms with Crippen LogP contribution >= 0.6 is 11.6 Å². The minimum atomic E-state index is -0.798. The zero-order valence-corrected chi connectivity index (χ0v) is 13.6. The normalized spacial score (nSPS) is 16.1. The molecule has 3 rings (SSSR count). The molecule has 1 aromatic rings. The molecule has 0 radical (unpaired) electrons. The summed E-state index contributed by atoms with van der Waals surface area (Å²) < 4.78 is 5.45. The molecule has 1 aliphatic heterocycles. The predicted molar refractivity (Wildman–Crippen MR) is 90.7 cm³/mol. The number of hydrogen-bond donors (Lipinski definition) is 1. The first-order chi connectivity index (χ1) is 12.0. The van der Waals surface area contributed by atoms with Crippen molar-refractivity contribution in [2.45, 2.75) is 12.8 Å². The second-order valence-electron chi connectivity index (χ2n) is 5.35. The molecule has 1 heterocycles. The molecule has 1 aromatic carbocycles. The van der Waals surface area contributed by atoms with Crippen LogP contribution in [0.1, 0.15) is 23.2 Å². The van der Waals surface area contributed by atoms with Crippen LogP contribution in [0.3, 0.4) is 0 Å². The van der Waals surface area contributed by atoms with Crippen LogP contribution in [0.25, 0.3) is 0 Å². The SMILES string of the molecule is O=C(c1cc(Cl)c(O)c([N+](=O)[O-])c1)N1C=COC(C2=CC=CCC2)=C1. The molecule has 0 spiro atoms. The van der Waals surface area contributed by atoms with Crippen LogP contribution < -0.4 is 0 Å². The third-order valence-electron chi connectivity index (χ3n) is 3.72. The van der Waals surface area contributed by atoms with E-state index >= 15 is 0 Å². The maximum Gasteiger partial charge on any atom is 0.313 e. The molecule has 7 nitrogen and oxygen atoms in total. The minimum Gasteiger partial charge on any atom is -0.501 e. The van der Waals surface area contributed by atoms with Gasteiger partial charge in [0.1, 0.15) is 12.0 Å². The number of carbonyl (C=O) groups excluding carboxylic acids is 1. The Kier molecular flexibility index (Phi) is 4.58. The number of amides is 1. The molecule has 2 aliphatic rings. The van der Waals surface area contributed by atoms with Crippen molar-refractivity contribution in [3.05, 3.63) is 81.1 Å². The zero-order chi connectivity index (χ0) is 18.0.